The summed E-state index contributed by atoms with van der Waals surface area (Å²) >= 11 is 0. The Bertz CT molecular complexity index is 534. The molecule has 92 valence electrons. The average Bonchev–Trinajstić information content (AvgIpc) is 2.27. The van der Waals surface area contributed by atoms with Gasteiger partial charge in [0.25, 0.3) is 5.69 Å². The molecule has 0 aliphatic heterocycles. The van der Waals surface area contributed by atoms with Crippen LogP contribution < -0.4 is 4.72 Å². The van der Waals surface area contributed by atoms with Gasteiger partial charge in [0.2, 0.25) is 10.0 Å². The summed E-state index contributed by atoms with van der Waals surface area (Å²) in [7, 11) is -3.63. The van der Waals surface area contributed by atoms with E-state index in [1.807, 2.05) is 0 Å². The molecule has 0 aromatic heterocycles. The van der Waals surface area contributed by atoms with Crippen molar-refractivity contribution in [2.24, 2.45) is 0 Å². The molecule has 1 rings (SSSR count). The molecule has 7 heteroatoms. The molecule has 0 saturated carbocycles. The van der Waals surface area contributed by atoms with Crippen LogP contribution in [0.25, 0.3) is 0 Å². The Hall–Kier alpha value is -1.73. The van der Waals surface area contributed by atoms with Crippen LogP contribution in [0, 0.1) is 10.1 Å². The maximum atomic E-state index is 11.7. The van der Waals surface area contributed by atoms with Gasteiger partial charge in [0.05, 0.1) is 9.82 Å². The molecule has 0 radical (unpaired) electrons. The van der Waals surface area contributed by atoms with E-state index in [-0.39, 0.29) is 17.1 Å². The number of nitro benzene ring substituents is 1. The van der Waals surface area contributed by atoms with Gasteiger partial charge in [0, 0.05) is 18.7 Å². The summed E-state index contributed by atoms with van der Waals surface area (Å²) in [5.74, 6) is 0. The highest BCUT2D eigenvalue weighted by Gasteiger charge is 2.14. The van der Waals surface area contributed by atoms with Crippen molar-refractivity contribution in [1.82, 2.24) is 4.72 Å². The van der Waals surface area contributed by atoms with E-state index in [9.17, 15) is 18.5 Å². The molecule has 0 atom stereocenters. The lowest BCUT2D eigenvalue weighted by Gasteiger charge is -2.05. The Morgan fingerprint density at radius 3 is 2.35 bits per heavy atom. The fourth-order valence-corrected chi connectivity index (χ4v) is 2.15. The van der Waals surface area contributed by atoms with E-state index in [1.165, 1.54) is 12.1 Å². The highest BCUT2D eigenvalue weighted by atomic mass is 32.2. The third kappa shape index (κ3) is 3.65. The minimum atomic E-state index is -3.63. The van der Waals surface area contributed by atoms with E-state index < -0.39 is 14.9 Å². The first-order valence-electron chi connectivity index (χ1n) is 4.71. The zero-order valence-corrected chi connectivity index (χ0v) is 10.0. The van der Waals surface area contributed by atoms with Crippen molar-refractivity contribution in [1.29, 1.82) is 0 Å². The highest BCUT2D eigenvalue weighted by molar-refractivity contribution is 7.89. The number of non-ortho nitro benzene ring substituents is 1. The molecule has 17 heavy (non-hydrogen) atoms. The zero-order chi connectivity index (χ0) is 13.1. The fraction of sp³-hybridized carbons (Fsp3) is 0.200. The van der Waals surface area contributed by atoms with Crippen molar-refractivity contribution < 1.29 is 13.3 Å². The molecule has 0 heterocycles. The predicted molar refractivity (Wildman–Crippen MR) is 63.1 cm³/mol. The van der Waals surface area contributed by atoms with Gasteiger partial charge in [-0.3, -0.25) is 10.1 Å². The summed E-state index contributed by atoms with van der Waals surface area (Å²) in [6, 6.07) is 4.68. The number of benzene rings is 1. The van der Waals surface area contributed by atoms with E-state index >= 15 is 0 Å². The van der Waals surface area contributed by atoms with Crippen molar-refractivity contribution in [3.8, 4) is 0 Å². The van der Waals surface area contributed by atoms with Crippen molar-refractivity contribution in [2.45, 2.75) is 11.8 Å². The molecule has 1 aromatic rings. The molecule has 0 amide bonds. The van der Waals surface area contributed by atoms with E-state index in [0.29, 0.717) is 5.57 Å². The summed E-state index contributed by atoms with van der Waals surface area (Å²) in [5.41, 5.74) is 0.527. The van der Waals surface area contributed by atoms with Gasteiger partial charge in [-0.1, -0.05) is 12.2 Å². The summed E-state index contributed by atoms with van der Waals surface area (Å²) in [4.78, 5) is 9.81. The van der Waals surface area contributed by atoms with Gasteiger partial charge in [-0.05, 0) is 19.1 Å². The Kier molecular flexibility index (Phi) is 3.97. The van der Waals surface area contributed by atoms with Crippen LogP contribution in [0.2, 0.25) is 0 Å². The van der Waals surface area contributed by atoms with E-state index in [4.69, 9.17) is 0 Å². The summed E-state index contributed by atoms with van der Waals surface area (Å²) in [6.45, 7) is 5.40. The molecule has 0 fully saturated rings. The van der Waals surface area contributed by atoms with Gasteiger partial charge < -0.3 is 0 Å². The first-order valence-corrected chi connectivity index (χ1v) is 6.20. The second kappa shape index (κ2) is 5.07. The molecular weight excluding hydrogens is 244 g/mol. The Morgan fingerprint density at radius 2 is 1.94 bits per heavy atom. The van der Waals surface area contributed by atoms with Gasteiger partial charge in [0.15, 0.2) is 0 Å². The third-order valence-corrected chi connectivity index (χ3v) is 3.34. The van der Waals surface area contributed by atoms with Gasteiger partial charge in [-0.2, -0.15) is 0 Å². The monoisotopic (exact) mass is 256 g/mol. The van der Waals surface area contributed by atoms with E-state index in [0.717, 1.165) is 12.1 Å². The van der Waals surface area contributed by atoms with Gasteiger partial charge in [0.1, 0.15) is 0 Å². The molecule has 0 aliphatic rings. The van der Waals surface area contributed by atoms with Gasteiger partial charge >= 0.3 is 0 Å². The Labute approximate surface area is 99.2 Å². The lowest BCUT2D eigenvalue weighted by Crippen LogP contribution is -2.25. The second-order valence-electron chi connectivity index (χ2n) is 3.53. The van der Waals surface area contributed by atoms with Crippen molar-refractivity contribution >= 4 is 15.7 Å². The molecule has 0 bridgehead atoms. The molecule has 1 aromatic carbocycles. The number of sulfonamides is 1. The minimum absolute atomic E-state index is 0.00986. The van der Waals surface area contributed by atoms with Crippen LogP contribution in [0.1, 0.15) is 6.92 Å². The van der Waals surface area contributed by atoms with Crippen molar-refractivity contribution in [3.05, 3.63) is 46.5 Å². The third-order valence-electron chi connectivity index (χ3n) is 1.92. The largest absolute Gasteiger partial charge is 0.269 e. The lowest BCUT2D eigenvalue weighted by atomic mass is 10.3. The normalized spacial score (nSPS) is 11.1. The van der Waals surface area contributed by atoms with E-state index in [1.54, 1.807) is 6.92 Å². The molecule has 0 unspecified atom stereocenters. The minimum Gasteiger partial charge on any atom is -0.258 e. The Morgan fingerprint density at radius 1 is 1.41 bits per heavy atom. The highest BCUT2D eigenvalue weighted by Crippen LogP contribution is 2.15. The van der Waals surface area contributed by atoms with Crippen molar-refractivity contribution in [2.75, 3.05) is 6.54 Å². The fourth-order valence-electron chi connectivity index (χ4n) is 1.05. The lowest BCUT2D eigenvalue weighted by molar-refractivity contribution is -0.384. The number of hydrogen-bond donors (Lipinski definition) is 1. The standard InChI is InChI=1S/C10H12N2O4S/c1-8(2)7-11-17(15,16)10-5-3-9(4-6-10)12(13)14/h3-6,11H,1,7H2,2H3. The number of nitro groups is 1. The van der Waals surface area contributed by atoms with Crippen LogP contribution in [0.15, 0.2) is 41.3 Å². The smallest absolute Gasteiger partial charge is 0.258 e. The van der Waals surface area contributed by atoms with E-state index in [2.05, 4.69) is 11.3 Å². The molecule has 0 saturated heterocycles. The molecule has 1 N–H and O–H groups in total. The summed E-state index contributed by atoms with van der Waals surface area (Å²) in [5, 5.41) is 10.4. The van der Waals surface area contributed by atoms with Gasteiger partial charge in [-0.25, -0.2) is 13.1 Å². The van der Waals surface area contributed by atoms with Crippen LogP contribution in [0.5, 0.6) is 0 Å². The SMILES string of the molecule is C=C(C)CNS(=O)(=O)c1ccc([N+](=O)[O-])cc1. The molecule has 0 aliphatic carbocycles. The summed E-state index contributed by atoms with van der Waals surface area (Å²) < 4.78 is 25.7. The number of rotatable bonds is 5. The molecule has 0 spiro atoms. The average molecular weight is 256 g/mol. The predicted octanol–water partition coefficient (Wildman–Crippen LogP) is 1.45. The maximum Gasteiger partial charge on any atom is 0.269 e. The first-order chi connectivity index (χ1) is 7.83. The summed E-state index contributed by atoms with van der Waals surface area (Å²) in [6.07, 6.45) is 0. The van der Waals surface area contributed by atoms with Crippen LogP contribution in [-0.4, -0.2) is 19.9 Å². The first kappa shape index (κ1) is 13.3. The van der Waals surface area contributed by atoms with Crippen LogP contribution in [0.3, 0.4) is 0 Å². The quantitative estimate of drug-likeness (QED) is 0.490. The number of hydrogen-bond acceptors (Lipinski definition) is 4. The second-order valence-corrected chi connectivity index (χ2v) is 5.30. The van der Waals surface area contributed by atoms with Crippen LogP contribution >= 0.6 is 0 Å². The molecular formula is C10H12N2O4S. The maximum absolute atomic E-state index is 11.7. The molecule has 6 nitrogen and oxygen atoms in total. The van der Waals surface area contributed by atoms with Crippen LogP contribution in [-0.2, 0) is 10.0 Å². The number of nitrogens with one attached hydrogen (secondary N) is 1. The topological polar surface area (TPSA) is 89.3 Å². The zero-order valence-electron chi connectivity index (χ0n) is 9.21. The Balaban J connectivity index is 2.92. The number of nitrogens with zero attached hydrogens (tertiary/aromatic N) is 1. The van der Waals surface area contributed by atoms with Crippen LogP contribution in [0.4, 0.5) is 5.69 Å². The van der Waals surface area contributed by atoms with Crippen molar-refractivity contribution in [3.63, 3.8) is 0 Å². The van der Waals surface area contributed by atoms with Gasteiger partial charge in [-0.15, -0.1) is 0 Å².